The van der Waals surface area contributed by atoms with Gasteiger partial charge in [0.2, 0.25) is 11.8 Å². The first-order valence-electron chi connectivity index (χ1n) is 20.9. The van der Waals surface area contributed by atoms with Crippen LogP contribution in [0.2, 0.25) is 0 Å². The van der Waals surface area contributed by atoms with E-state index in [0.29, 0.717) is 36.1 Å². The van der Waals surface area contributed by atoms with Crippen LogP contribution in [0.4, 0.5) is 45.1 Å². The van der Waals surface area contributed by atoms with Gasteiger partial charge in [0.25, 0.3) is 11.8 Å². The summed E-state index contributed by atoms with van der Waals surface area (Å²) in [5.74, 6) is -2.14. The molecule has 62 heavy (non-hydrogen) atoms. The summed E-state index contributed by atoms with van der Waals surface area (Å²) in [6, 6.07) is 12.9. The van der Waals surface area contributed by atoms with E-state index in [1.807, 2.05) is 17.9 Å². The lowest BCUT2D eigenvalue weighted by atomic mass is 9.95. The molecule has 0 aliphatic carbocycles. The molecule has 326 valence electrons. The molecule has 0 unspecified atom stereocenters. The molecule has 3 aromatic rings. The van der Waals surface area contributed by atoms with Gasteiger partial charge in [-0.05, 0) is 93.6 Å². The van der Waals surface area contributed by atoms with Gasteiger partial charge in [-0.3, -0.25) is 34.3 Å². The lowest BCUT2D eigenvalue weighted by Gasteiger charge is -2.45. The van der Waals surface area contributed by atoms with Crippen molar-refractivity contribution in [3.05, 3.63) is 82.7 Å². The van der Waals surface area contributed by atoms with Crippen LogP contribution in [0, 0.1) is 23.1 Å². The Labute approximate surface area is 356 Å². The Morgan fingerprint density at radius 2 is 1.53 bits per heavy atom. The van der Waals surface area contributed by atoms with Crippen LogP contribution in [0.25, 0.3) is 0 Å². The molecule has 3 atom stereocenters. The van der Waals surface area contributed by atoms with E-state index < -0.39 is 58.8 Å². The molecule has 5 aliphatic heterocycles. The van der Waals surface area contributed by atoms with E-state index in [1.165, 1.54) is 18.2 Å². The van der Waals surface area contributed by atoms with Gasteiger partial charge in [0.05, 0.1) is 34.0 Å². The SMILES string of the molecule is C[C@@H]1CN(c2ccc(C#N)c(C(F)(F)F)c2)[C@@H](C)CN1C(=O)Nc1ccc(N2CCC(CN3CCN(c4ccc5c(c4)C(=O)N([C@H]4CCC(=O)NC4=O)C5=O)CC3)CC2)c(F)c1. The highest BCUT2D eigenvalue weighted by atomic mass is 19.4. The van der Waals surface area contributed by atoms with Crippen LogP contribution in [0.15, 0.2) is 54.6 Å². The maximum atomic E-state index is 15.6. The summed E-state index contributed by atoms with van der Waals surface area (Å²) >= 11 is 0. The Hall–Kier alpha value is -6.22. The molecular weight excluding hydrogens is 811 g/mol. The molecule has 4 saturated heterocycles. The van der Waals surface area contributed by atoms with Crippen LogP contribution in [0.3, 0.4) is 0 Å². The monoisotopic (exact) mass is 857 g/mol. The van der Waals surface area contributed by atoms with Gasteiger partial charge in [-0.2, -0.15) is 18.4 Å². The van der Waals surface area contributed by atoms with Gasteiger partial charge in [-0.15, -0.1) is 0 Å². The summed E-state index contributed by atoms with van der Waals surface area (Å²) in [7, 11) is 0. The fourth-order valence-electron chi connectivity index (χ4n) is 9.41. The summed E-state index contributed by atoms with van der Waals surface area (Å²) < 4.78 is 56.5. The van der Waals surface area contributed by atoms with Gasteiger partial charge in [-0.1, -0.05) is 0 Å². The van der Waals surface area contributed by atoms with Crippen molar-refractivity contribution in [1.82, 2.24) is 20.0 Å². The van der Waals surface area contributed by atoms with Gasteiger partial charge in [0.15, 0.2) is 0 Å². The lowest BCUT2D eigenvalue weighted by Crippen LogP contribution is -2.59. The third-order valence-electron chi connectivity index (χ3n) is 12.8. The highest BCUT2D eigenvalue weighted by Gasteiger charge is 2.45. The summed E-state index contributed by atoms with van der Waals surface area (Å²) in [5.41, 5.74) is 0.954. The fraction of sp³-hybridized carbons (Fsp3) is 0.455. The average molecular weight is 858 g/mol. The van der Waals surface area contributed by atoms with Crippen molar-refractivity contribution in [2.24, 2.45) is 5.92 Å². The van der Waals surface area contributed by atoms with Crippen molar-refractivity contribution in [3.63, 3.8) is 0 Å². The van der Waals surface area contributed by atoms with Crippen molar-refractivity contribution in [2.45, 2.75) is 63.8 Å². The van der Waals surface area contributed by atoms with E-state index in [0.717, 1.165) is 62.2 Å². The van der Waals surface area contributed by atoms with E-state index in [9.17, 15) is 42.4 Å². The molecule has 0 aromatic heterocycles. The van der Waals surface area contributed by atoms with Crippen molar-refractivity contribution < 1.29 is 41.5 Å². The number of hydrogen-bond donors (Lipinski definition) is 2. The highest BCUT2D eigenvalue weighted by Crippen LogP contribution is 2.37. The zero-order chi connectivity index (χ0) is 44.0. The number of nitrogens with one attached hydrogen (secondary N) is 2. The summed E-state index contributed by atoms with van der Waals surface area (Å²) in [6.07, 6.45) is -2.76. The number of piperidine rings is 2. The molecular formula is C44H47F4N9O5. The second-order valence-corrected chi connectivity index (χ2v) is 16.8. The lowest BCUT2D eigenvalue weighted by molar-refractivity contribution is -0.138. The number of alkyl halides is 3. The average Bonchev–Trinajstić information content (AvgIpc) is 3.49. The van der Waals surface area contributed by atoms with E-state index in [4.69, 9.17) is 0 Å². The molecule has 4 fully saturated rings. The van der Waals surface area contributed by atoms with E-state index >= 15 is 4.39 Å². The number of carbonyl (C=O) groups excluding carboxylic acids is 5. The van der Waals surface area contributed by atoms with Gasteiger partial charge < -0.3 is 24.9 Å². The zero-order valence-electron chi connectivity index (χ0n) is 34.4. The maximum absolute atomic E-state index is 15.6. The molecule has 0 radical (unpaired) electrons. The second kappa shape index (κ2) is 16.9. The molecule has 8 rings (SSSR count). The Morgan fingerprint density at radius 3 is 2.21 bits per heavy atom. The number of halogens is 4. The third-order valence-corrected chi connectivity index (χ3v) is 12.8. The quantitative estimate of drug-likeness (QED) is 0.237. The molecule has 5 aliphatic rings. The van der Waals surface area contributed by atoms with Crippen molar-refractivity contribution in [1.29, 1.82) is 5.26 Å². The molecule has 6 amide bonds. The number of benzene rings is 3. The number of nitrogens with zero attached hydrogens (tertiary/aromatic N) is 7. The van der Waals surface area contributed by atoms with Crippen LogP contribution in [-0.4, -0.2) is 121 Å². The summed E-state index contributed by atoms with van der Waals surface area (Å²) in [4.78, 5) is 74.9. The number of anilines is 4. The van der Waals surface area contributed by atoms with Gasteiger partial charge >= 0.3 is 12.2 Å². The number of fused-ring (bicyclic) bond motifs is 1. The third kappa shape index (κ3) is 8.37. The number of hydrogen-bond acceptors (Lipinski definition) is 10. The van der Waals surface area contributed by atoms with Crippen LogP contribution in [-0.2, 0) is 15.8 Å². The van der Waals surface area contributed by atoms with Crippen LogP contribution in [0.1, 0.15) is 71.4 Å². The molecule has 0 spiro atoms. The number of carbonyl (C=O) groups is 5. The van der Waals surface area contributed by atoms with E-state index in [-0.39, 0.29) is 49.1 Å². The first-order valence-corrected chi connectivity index (χ1v) is 20.9. The van der Waals surface area contributed by atoms with Gasteiger partial charge in [0, 0.05) is 94.5 Å². The molecule has 14 nitrogen and oxygen atoms in total. The van der Waals surface area contributed by atoms with Crippen molar-refractivity contribution in [3.8, 4) is 6.07 Å². The predicted molar refractivity (Wildman–Crippen MR) is 221 cm³/mol. The Morgan fingerprint density at radius 1 is 0.823 bits per heavy atom. The normalized spacial score (nSPS) is 22.8. The first kappa shape index (κ1) is 42.5. The van der Waals surface area contributed by atoms with Crippen LogP contribution >= 0.6 is 0 Å². The number of nitriles is 1. The minimum atomic E-state index is -4.68. The Balaban J connectivity index is 0.796. The Kier molecular flexibility index (Phi) is 11.6. The van der Waals surface area contributed by atoms with Gasteiger partial charge in [0.1, 0.15) is 11.9 Å². The summed E-state index contributed by atoms with van der Waals surface area (Å²) in [6.45, 7) is 9.40. The van der Waals surface area contributed by atoms with Crippen LogP contribution < -0.4 is 25.3 Å². The molecule has 3 aromatic carbocycles. The molecule has 5 heterocycles. The molecule has 0 bridgehead atoms. The molecule has 18 heteroatoms. The smallest absolute Gasteiger partial charge is 0.369 e. The largest absolute Gasteiger partial charge is 0.417 e. The van der Waals surface area contributed by atoms with Crippen LogP contribution in [0.5, 0.6) is 0 Å². The number of urea groups is 1. The minimum absolute atomic E-state index is 0.0614. The first-order chi connectivity index (χ1) is 29.6. The molecule has 0 saturated carbocycles. The number of piperazine rings is 2. The topological polar surface area (TPSA) is 153 Å². The van der Waals surface area contributed by atoms with Gasteiger partial charge in [-0.25, -0.2) is 9.18 Å². The predicted octanol–water partition coefficient (Wildman–Crippen LogP) is 5.29. The van der Waals surface area contributed by atoms with Crippen molar-refractivity contribution >= 4 is 52.4 Å². The minimum Gasteiger partial charge on any atom is -0.369 e. The summed E-state index contributed by atoms with van der Waals surface area (Å²) in [5, 5.41) is 14.2. The number of imide groups is 2. The van der Waals surface area contributed by atoms with Crippen molar-refractivity contribution in [2.75, 3.05) is 78.9 Å². The number of rotatable bonds is 7. The standard InChI is InChI=1S/C44H47F4N9O5/c1-26-24-56(27(2)23-55(26)32-5-3-29(22-49)35(21-32)44(46,47)48)43(62)50-30-4-8-37(36(45)19-30)54-13-11-28(12-14-54)25-52-15-17-53(18-16-52)31-6-7-33-34(20-31)42(61)57(41(33)60)38-9-10-39(58)51-40(38)59/h3-8,19-21,26-28,38H,9-18,23-25H2,1-2H3,(H,50,62)(H,51,58,59)/t26-,27+,38-/m0/s1. The fourth-order valence-corrected chi connectivity index (χ4v) is 9.41. The van der Waals surface area contributed by atoms with E-state index in [1.54, 1.807) is 47.1 Å². The zero-order valence-corrected chi connectivity index (χ0v) is 34.4. The second-order valence-electron chi connectivity index (χ2n) is 16.8. The van der Waals surface area contributed by atoms with E-state index in [2.05, 4.69) is 20.4 Å². The Bertz CT molecular complexity index is 2340. The number of amides is 6. The molecule has 2 N–H and O–H groups in total. The maximum Gasteiger partial charge on any atom is 0.417 e. The highest BCUT2D eigenvalue weighted by molar-refractivity contribution is 6.23.